The van der Waals surface area contributed by atoms with E-state index in [0.717, 1.165) is 35.6 Å². The molecule has 0 radical (unpaired) electrons. The van der Waals surface area contributed by atoms with E-state index < -0.39 is 11.7 Å². The molecule has 2 nitrogen and oxygen atoms in total. The molecule has 0 aromatic heterocycles. The zero-order valence-corrected chi connectivity index (χ0v) is 13.1. The van der Waals surface area contributed by atoms with Gasteiger partial charge in [-0.2, -0.15) is 0 Å². The lowest BCUT2D eigenvalue weighted by Gasteiger charge is -2.35. The van der Waals surface area contributed by atoms with Crippen molar-refractivity contribution >= 4 is 10.8 Å². The first-order valence-electron chi connectivity index (χ1n) is 8.21. The van der Waals surface area contributed by atoms with Crippen LogP contribution in [-0.4, -0.2) is 16.3 Å². The largest absolute Gasteiger partial charge is 0.392 e. The molecule has 3 rings (SSSR count). The van der Waals surface area contributed by atoms with Gasteiger partial charge >= 0.3 is 0 Å². The van der Waals surface area contributed by atoms with Crippen molar-refractivity contribution in [3.8, 4) is 0 Å². The average Bonchev–Trinajstić information content (AvgIpc) is 2.54. The molecule has 2 N–H and O–H groups in total. The van der Waals surface area contributed by atoms with Gasteiger partial charge < -0.3 is 10.2 Å². The van der Waals surface area contributed by atoms with Crippen LogP contribution in [0.2, 0.25) is 0 Å². The maximum absolute atomic E-state index is 11.0. The second-order valence-corrected chi connectivity index (χ2v) is 6.42. The molecule has 0 heterocycles. The van der Waals surface area contributed by atoms with Crippen LogP contribution in [0.4, 0.5) is 0 Å². The van der Waals surface area contributed by atoms with Gasteiger partial charge in [-0.25, -0.2) is 0 Å². The molecule has 0 bridgehead atoms. The van der Waals surface area contributed by atoms with Crippen molar-refractivity contribution in [2.24, 2.45) is 5.92 Å². The van der Waals surface area contributed by atoms with Gasteiger partial charge in [0.2, 0.25) is 0 Å². The molecule has 1 aliphatic carbocycles. The first-order valence-corrected chi connectivity index (χ1v) is 8.21. The van der Waals surface area contributed by atoms with Gasteiger partial charge in [-0.05, 0) is 28.8 Å². The molecule has 2 heteroatoms. The highest BCUT2D eigenvalue weighted by Gasteiger charge is 2.35. The Bertz CT molecular complexity index is 676. The summed E-state index contributed by atoms with van der Waals surface area (Å²) in [4.78, 5) is 0. The number of aliphatic hydroxyl groups excluding tert-OH is 1. The fourth-order valence-corrected chi connectivity index (χ4v) is 3.35. The Labute approximate surface area is 132 Å². The molecule has 116 valence electrons. The van der Waals surface area contributed by atoms with Crippen LogP contribution in [-0.2, 0) is 5.60 Å². The number of fused-ring (bicyclic) bond motifs is 1. The maximum Gasteiger partial charge on any atom is 0.110 e. The van der Waals surface area contributed by atoms with Crippen molar-refractivity contribution in [3.05, 3.63) is 60.2 Å². The zero-order chi connectivity index (χ0) is 15.6. The quantitative estimate of drug-likeness (QED) is 0.832. The monoisotopic (exact) mass is 296 g/mol. The van der Waals surface area contributed by atoms with Crippen LogP contribution < -0.4 is 0 Å². The number of unbranched alkanes of at least 4 members (excludes halogenated alkanes) is 1. The minimum Gasteiger partial charge on any atom is -0.392 e. The summed E-state index contributed by atoms with van der Waals surface area (Å²) in [6.07, 6.45) is 7.00. The standard InChI is InChI=1S/C20H24O2/c1-2-3-6-16-11-12-20(22,14-19(16)21)18-10-9-15-7-4-5-8-17(15)13-18/h4-5,7-13,16,19,21-22H,2-3,6,14H2,1H3/t16-,19+,20-/m0/s1. The fraction of sp³-hybridized carbons (Fsp3) is 0.400. The van der Waals surface area contributed by atoms with Gasteiger partial charge in [0.15, 0.2) is 0 Å². The topological polar surface area (TPSA) is 40.5 Å². The maximum atomic E-state index is 11.0. The fourth-order valence-electron chi connectivity index (χ4n) is 3.35. The Kier molecular flexibility index (Phi) is 4.32. The molecule has 0 aliphatic heterocycles. The van der Waals surface area contributed by atoms with Crippen LogP contribution in [0.25, 0.3) is 10.8 Å². The third kappa shape index (κ3) is 2.94. The first-order chi connectivity index (χ1) is 10.6. The number of benzene rings is 2. The van der Waals surface area contributed by atoms with E-state index in [4.69, 9.17) is 0 Å². The first kappa shape index (κ1) is 15.3. The molecule has 3 atom stereocenters. The van der Waals surface area contributed by atoms with Gasteiger partial charge in [0, 0.05) is 12.3 Å². The van der Waals surface area contributed by atoms with E-state index in [1.807, 2.05) is 42.5 Å². The van der Waals surface area contributed by atoms with Crippen molar-refractivity contribution in [1.82, 2.24) is 0 Å². The molecule has 2 aromatic rings. The summed E-state index contributed by atoms with van der Waals surface area (Å²) >= 11 is 0. The van der Waals surface area contributed by atoms with Crippen molar-refractivity contribution in [3.63, 3.8) is 0 Å². The average molecular weight is 296 g/mol. The molecule has 22 heavy (non-hydrogen) atoms. The Balaban J connectivity index is 1.89. The number of rotatable bonds is 4. The lowest BCUT2D eigenvalue weighted by atomic mass is 9.77. The summed E-state index contributed by atoms with van der Waals surface area (Å²) in [6, 6.07) is 14.2. The van der Waals surface area contributed by atoms with E-state index in [1.165, 1.54) is 0 Å². The van der Waals surface area contributed by atoms with E-state index in [1.54, 1.807) is 0 Å². The molecule has 0 spiro atoms. The van der Waals surface area contributed by atoms with E-state index in [2.05, 4.69) is 19.1 Å². The number of aliphatic hydroxyl groups is 2. The van der Waals surface area contributed by atoms with Crippen molar-refractivity contribution in [2.45, 2.75) is 44.3 Å². The molecular formula is C20H24O2. The van der Waals surface area contributed by atoms with Crippen LogP contribution in [0.3, 0.4) is 0 Å². The third-order valence-electron chi connectivity index (χ3n) is 4.77. The van der Waals surface area contributed by atoms with E-state index >= 15 is 0 Å². The lowest BCUT2D eigenvalue weighted by molar-refractivity contribution is -0.00502. The predicted molar refractivity (Wildman–Crippen MR) is 90.6 cm³/mol. The van der Waals surface area contributed by atoms with Gasteiger partial charge in [0.25, 0.3) is 0 Å². The summed E-state index contributed by atoms with van der Waals surface area (Å²) < 4.78 is 0. The molecule has 0 amide bonds. The van der Waals surface area contributed by atoms with Gasteiger partial charge in [0.1, 0.15) is 5.60 Å². The van der Waals surface area contributed by atoms with Crippen LogP contribution >= 0.6 is 0 Å². The second kappa shape index (κ2) is 6.23. The van der Waals surface area contributed by atoms with E-state index in [-0.39, 0.29) is 5.92 Å². The molecule has 1 aliphatic rings. The van der Waals surface area contributed by atoms with Crippen molar-refractivity contribution < 1.29 is 10.2 Å². The normalized spacial score (nSPS) is 28.1. The summed E-state index contributed by atoms with van der Waals surface area (Å²) in [7, 11) is 0. The zero-order valence-electron chi connectivity index (χ0n) is 13.1. The van der Waals surface area contributed by atoms with Crippen molar-refractivity contribution in [1.29, 1.82) is 0 Å². The van der Waals surface area contributed by atoms with Crippen LogP contribution in [0.15, 0.2) is 54.6 Å². The SMILES string of the molecule is CCCC[C@H]1C=C[C@@](O)(c2ccc3ccccc3c2)C[C@H]1O. The van der Waals surface area contributed by atoms with Gasteiger partial charge in [-0.3, -0.25) is 0 Å². The lowest BCUT2D eigenvalue weighted by Crippen LogP contribution is -2.36. The smallest absolute Gasteiger partial charge is 0.110 e. The van der Waals surface area contributed by atoms with Crippen LogP contribution in [0.1, 0.15) is 38.2 Å². The molecule has 2 aromatic carbocycles. The minimum absolute atomic E-state index is 0.167. The van der Waals surface area contributed by atoms with Gasteiger partial charge in [0.05, 0.1) is 6.10 Å². The Morgan fingerprint density at radius 2 is 1.91 bits per heavy atom. The summed E-state index contributed by atoms with van der Waals surface area (Å²) in [6.45, 7) is 2.16. The minimum atomic E-state index is -1.06. The molecule has 0 fully saturated rings. The van der Waals surface area contributed by atoms with E-state index in [0.29, 0.717) is 6.42 Å². The Hall–Kier alpha value is -1.64. The highest BCUT2D eigenvalue weighted by molar-refractivity contribution is 5.83. The Morgan fingerprint density at radius 3 is 2.64 bits per heavy atom. The highest BCUT2D eigenvalue weighted by atomic mass is 16.3. The molecule has 0 unspecified atom stereocenters. The molecule has 0 saturated heterocycles. The molecule has 0 saturated carbocycles. The predicted octanol–water partition coefficient (Wildman–Crippen LogP) is 4.15. The second-order valence-electron chi connectivity index (χ2n) is 6.42. The van der Waals surface area contributed by atoms with Crippen molar-refractivity contribution in [2.75, 3.05) is 0 Å². The highest BCUT2D eigenvalue weighted by Crippen LogP contribution is 2.37. The Morgan fingerprint density at radius 1 is 1.14 bits per heavy atom. The van der Waals surface area contributed by atoms with E-state index in [9.17, 15) is 10.2 Å². The third-order valence-corrected chi connectivity index (χ3v) is 4.77. The van der Waals surface area contributed by atoms with Crippen LogP contribution in [0.5, 0.6) is 0 Å². The van der Waals surface area contributed by atoms with Gasteiger partial charge in [-0.15, -0.1) is 0 Å². The summed E-state index contributed by atoms with van der Waals surface area (Å²) in [5.41, 5.74) is -0.206. The van der Waals surface area contributed by atoms with Crippen LogP contribution in [0, 0.1) is 5.92 Å². The number of hydrogen-bond acceptors (Lipinski definition) is 2. The summed E-state index contributed by atoms with van der Waals surface area (Å²) in [5.74, 6) is 0.167. The summed E-state index contributed by atoms with van der Waals surface area (Å²) in [5, 5.41) is 23.6. The number of hydrogen-bond donors (Lipinski definition) is 2. The molecular weight excluding hydrogens is 272 g/mol. The van der Waals surface area contributed by atoms with Gasteiger partial charge in [-0.1, -0.05) is 68.3 Å².